The Hall–Kier alpha value is -1.75. The summed E-state index contributed by atoms with van der Waals surface area (Å²) in [5.41, 5.74) is 0. The molecule has 1 amide bonds. The highest BCUT2D eigenvalue weighted by atomic mass is 16.5. The van der Waals surface area contributed by atoms with Crippen molar-refractivity contribution in [1.29, 1.82) is 0 Å². The van der Waals surface area contributed by atoms with Gasteiger partial charge in [-0.1, -0.05) is 6.92 Å². The third-order valence-corrected chi connectivity index (χ3v) is 4.07. The van der Waals surface area contributed by atoms with Crippen LogP contribution < -0.4 is 9.47 Å². The molecule has 0 saturated carbocycles. The predicted octanol–water partition coefficient (Wildman–Crippen LogP) is 1.69. The second kappa shape index (κ2) is 6.80. The molecule has 1 saturated heterocycles. The third kappa shape index (κ3) is 3.47. The fraction of sp³-hybridized carbons (Fsp3) is 0.562. The first-order valence-corrected chi connectivity index (χ1v) is 7.29. The number of likely N-dealkylation sites (tertiary alicyclic amines) is 1. The number of benzene rings is 1. The highest BCUT2D eigenvalue weighted by molar-refractivity contribution is 5.81. The molecule has 1 aliphatic heterocycles. The minimum Gasteiger partial charge on any atom is -0.497 e. The predicted molar refractivity (Wildman–Crippen MR) is 79.5 cm³/mol. The molecule has 1 aliphatic rings. The van der Waals surface area contributed by atoms with Crippen LogP contribution in [0.5, 0.6) is 11.5 Å². The van der Waals surface area contributed by atoms with Crippen molar-refractivity contribution in [3.8, 4) is 11.5 Å². The summed E-state index contributed by atoms with van der Waals surface area (Å²) in [6.07, 6.45) is 0.351. The first kappa shape index (κ1) is 15.6. The Morgan fingerprint density at radius 1 is 1.38 bits per heavy atom. The number of carbonyl (C=O) groups is 1. The molecule has 5 nitrogen and oxygen atoms in total. The van der Waals surface area contributed by atoms with Crippen molar-refractivity contribution in [3.63, 3.8) is 0 Å². The van der Waals surface area contributed by atoms with Crippen LogP contribution in [0.25, 0.3) is 0 Å². The van der Waals surface area contributed by atoms with Crippen LogP contribution in [0, 0.1) is 5.92 Å². The van der Waals surface area contributed by atoms with E-state index in [0.29, 0.717) is 18.2 Å². The zero-order valence-electron chi connectivity index (χ0n) is 12.8. The molecule has 1 aromatic rings. The van der Waals surface area contributed by atoms with Gasteiger partial charge in [0.15, 0.2) is 6.10 Å². The fourth-order valence-corrected chi connectivity index (χ4v) is 2.70. The van der Waals surface area contributed by atoms with Crippen LogP contribution in [0.15, 0.2) is 24.3 Å². The first-order valence-electron chi connectivity index (χ1n) is 7.29. The summed E-state index contributed by atoms with van der Waals surface area (Å²) in [5.74, 6) is 1.63. The van der Waals surface area contributed by atoms with Crippen molar-refractivity contribution in [3.05, 3.63) is 24.3 Å². The van der Waals surface area contributed by atoms with E-state index in [4.69, 9.17) is 9.47 Å². The van der Waals surface area contributed by atoms with Crippen LogP contribution >= 0.6 is 0 Å². The number of ether oxygens (including phenoxy) is 2. The number of methoxy groups -OCH3 is 1. The minimum absolute atomic E-state index is 0.00215. The number of carbonyl (C=O) groups excluding carboxylic acids is 1. The Balaban J connectivity index is 1.98. The number of aliphatic hydroxyl groups is 1. The van der Waals surface area contributed by atoms with Crippen LogP contribution in [0.1, 0.15) is 20.3 Å². The van der Waals surface area contributed by atoms with Crippen molar-refractivity contribution >= 4 is 5.91 Å². The fourth-order valence-electron chi connectivity index (χ4n) is 2.70. The van der Waals surface area contributed by atoms with E-state index < -0.39 is 6.10 Å². The maximum atomic E-state index is 12.5. The first-order chi connectivity index (χ1) is 10.1. The van der Waals surface area contributed by atoms with E-state index in [2.05, 4.69) is 6.92 Å². The van der Waals surface area contributed by atoms with Crippen LogP contribution in [-0.4, -0.2) is 48.3 Å². The van der Waals surface area contributed by atoms with Crippen LogP contribution in [0.3, 0.4) is 0 Å². The average molecular weight is 293 g/mol. The van der Waals surface area contributed by atoms with E-state index >= 15 is 0 Å². The molecule has 0 radical (unpaired) electrons. The molecule has 0 aromatic heterocycles. The molecule has 0 bridgehead atoms. The molecule has 2 rings (SSSR count). The number of amides is 1. The second-order valence-corrected chi connectivity index (χ2v) is 5.48. The minimum atomic E-state index is -0.572. The van der Waals surface area contributed by atoms with Gasteiger partial charge in [-0.05, 0) is 43.5 Å². The van der Waals surface area contributed by atoms with Crippen LogP contribution in [-0.2, 0) is 4.79 Å². The van der Waals surface area contributed by atoms with Crippen molar-refractivity contribution in [2.24, 2.45) is 5.92 Å². The van der Waals surface area contributed by atoms with E-state index in [1.807, 2.05) is 0 Å². The normalized spacial score (nSPS) is 23.0. The Labute approximate surface area is 125 Å². The van der Waals surface area contributed by atoms with E-state index in [1.165, 1.54) is 0 Å². The largest absolute Gasteiger partial charge is 0.497 e. The van der Waals surface area contributed by atoms with E-state index in [-0.39, 0.29) is 18.6 Å². The van der Waals surface area contributed by atoms with Crippen molar-refractivity contribution in [2.45, 2.75) is 32.4 Å². The number of nitrogens with zero attached hydrogens (tertiary/aromatic N) is 1. The molecule has 1 aromatic carbocycles. The molecule has 0 aliphatic carbocycles. The highest BCUT2D eigenvalue weighted by Crippen LogP contribution is 2.25. The summed E-state index contributed by atoms with van der Waals surface area (Å²) in [7, 11) is 1.60. The molecule has 0 spiro atoms. The number of rotatable bonds is 5. The molecule has 3 unspecified atom stereocenters. The molecular formula is C16H23NO4. The topological polar surface area (TPSA) is 59.0 Å². The molecule has 1 N–H and O–H groups in total. The van der Waals surface area contributed by atoms with Gasteiger partial charge in [0.05, 0.1) is 19.8 Å². The average Bonchev–Trinajstić information content (AvgIpc) is 2.88. The second-order valence-electron chi connectivity index (χ2n) is 5.48. The summed E-state index contributed by atoms with van der Waals surface area (Å²) in [5, 5.41) is 9.44. The van der Waals surface area contributed by atoms with Gasteiger partial charge in [-0.25, -0.2) is 0 Å². The van der Waals surface area contributed by atoms with E-state index in [9.17, 15) is 9.90 Å². The molecule has 1 heterocycles. The summed E-state index contributed by atoms with van der Waals surface area (Å²) in [6, 6.07) is 7.04. The van der Waals surface area contributed by atoms with Gasteiger partial charge >= 0.3 is 0 Å². The van der Waals surface area contributed by atoms with Gasteiger partial charge in [0.2, 0.25) is 0 Å². The summed E-state index contributed by atoms with van der Waals surface area (Å²) < 4.78 is 10.8. The Morgan fingerprint density at radius 3 is 2.57 bits per heavy atom. The molecule has 21 heavy (non-hydrogen) atoms. The lowest BCUT2D eigenvalue weighted by Gasteiger charge is -2.28. The molecule has 5 heteroatoms. The van der Waals surface area contributed by atoms with Gasteiger partial charge in [0.25, 0.3) is 5.91 Å². The van der Waals surface area contributed by atoms with Gasteiger partial charge in [-0.3, -0.25) is 4.79 Å². The number of hydrogen-bond donors (Lipinski definition) is 1. The SMILES string of the molecule is COc1ccc(OC(C)C(=O)N2CCC(C)C2CO)cc1. The van der Waals surface area contributed by atoms with Gasteiger partial charge in [0.1, 0.15) is 11.5 Å². The van der Waals surface area contributed by atoms with Gasteiger partial charge < -0.3 is 19.5 Å². The van der Waals surface area contributed by atoms with Gasteiger partial charge in [-0.2, -0.15) is 0 Å². The van der Waals surface area contributed by atoms with Crippen molar-refractivity contribution in [1.82, 2.24) is 4.90 Å². The summed E-state index contributed by atoms with van der Waals surface area (Å²) in [4.78, 5) is 14.2. The molecule has 116 valence electrons. The van der Waals surface area contributed by atoms with E-state index in [0.717, 1.165) is 12.2 Å². The van der Waals surface area contributed by atoms with Gasteiger partial charge in [-0.15, -0.1) is 0 Å². The lowest BCUT2D eigenvalue weighted by atomic mass is 10.0. The Morgan fingerprint density at radius 2 is 2.00 bits per heavy atom. The Bertz CT molecular complexity index is 474. The van der Waals surface area contributed by atoms with E-state index in [1.54, 1.807) is 43.2 Å². The monoisotopic (exact) mass is 293 g/mol. The highest BCUT2D eigenvalue weighted by Gasteiger charge is 2.36. The molecular weight excluding hydrogens is 270 g/mol. The Kier molecular flexibility index (Phi) is 5.07. The third-order valence-electron chi connectivity index (χ3n) is 4.07. The number of aliphatic hydroxyl groups excluding tert-OH is 1. The van der Waals surface area contributed by atoms with Crippen LogP contribution in [0.4, 0.5) is 0 Å². The lowest BCUT2D eigenvalue weighted by Crippen LogP contribution is -2.45. The lowest BCUT2D eigenvalue weighted by molar-refractivity contribution is -0.139. The smallest absolute Gasteiger partial charge is 0.263 e. The zero-order valence-corrected chi connectivity index (χ0v) is 12.8. The van der Waals surface area contributed by atoms with Gasteiger partial charge in [0, 0.05) is 6.54 Å². The van der Waals surface area contributed by atoms with Crippen molar-refractivity contribution in [2.75, 3.05) is 20.3 Å². The molecule has 1 fully saturated rings. The quantitative estimate of drug-likeness (QED) is 0.897. The summed E-state index contributed by atoms with van der Waals surface area (Å²) >= 11 is 0. The van der Waals surface area contributed by atoms with Crippen LogP contribution in [0.2, 0.25) is 0 Å². The standard InChI is InChI=1S/C16H23NO4/c1-11-8-9-17(15(11)10-18)16(19)12(2)21-14-6-4-13(20-3)5-7-14/h4-7,11-12,15,18H,8-10H2,1-3H3. The van der Waals surface area contributed by atoms with Crippen molar-refractivity contribution < 1.29 is 19.4 Å². The zero-order chi connectivity index (χ0) is 15.4. The molecule has 3 atom stereocenters. The maximum Gasteiger partial charge on any atom is 0.263 e. The number of hydrogen-bond acceptors (Lipinski definition) is 4. The summed E-state index contributed by atoms with van der Waals surface area (Å²) in [6.45, 7) is 4.48. The maximum absolute atomic E-state index is 12.5.